The van der Waals surface area contributed by atoms with Gasteiger partial charge in [-0.15, -0.1) is 0 Å². The first kappa shape index (κ1) is 21.7. The molecule has 0 fully saturated rings. The van der Waals surface area contributed by atoms with Crippen molar-refractivity contribution in [1.82, 2.24) is 10.3 Å². The molecule has 2 N–H and O–H groups in total. The monoisotopic (exact) mass is 354 g/mol. The number of amides is 1. The summed E-state index contributed by atoms with van der Waals surface area (Å²) in [6, 6.07) is 3.21. The summed E-state index contributed by atoms with van der Waals surface area (Å²) in [4.78, 5) is 31.4. The Kier molecular flexibility index (Phi) is 7.36. The van der Waals surface area contributed by atoms with Crippen molar-refractivity contribution < 1.29 is 43.1 Å². The van der Waals surface area contributed by atoms with Crippen LogP contribution in [-0.4, -0.2) is 40.3 Å². The van der Waals surface area contributed by atoms with Crippen molar-refractivity contribution in [2.24, 2.45) is 5.16 Å². The molecule has 0 aliphatic carbocycles. The van der Waals surface area contributed by atoms with Gasteiger partial charge < -0.3 is 19.5 Å². The van der Waals surface area contributed by atoms with E-state index >= 15 is 0 Å². The molecule has 1 aromatic rings. The van der Waals surface area contributed by atoms with Crippen molar-refractivity contribution in [3.05, 3.63) is 29.6 Å². The molecule has 0 saturated heterocycles. The zero-order valence-electron chi connectivity index (χ0n) is 15.2. The van der Waals surface area contributed by atoms with E-state index in [0.29, 0.717) is 23.4 Å². The number of amidine groups is 1. The summed E-state index contributed by atoms with van der Waals surface area (Å²) in [5.74, 6) is -1.35. The second kappa shape index (κ2) is 8.83. The third-order valence-corrected chi connectivity index (χ3v) is 3.10. The number of oxime groups is 1. The summed E-state index contributed by atoms with van der Waals surface area (Å²) in [5.41, 5.74) is 0.759. The Hall–Kier alpha value is -2.37. The van der Waals surface area contributed by atoms with Crippen molar-refractivity contribution in [1.29, 1.82) is 5.41 Å². The first-order valence-electron chi connectivity index (χ1n) is 7.62. The quantitative estimate of drug-likeness (QED) is 0.350. The smallest absolute Gasteiger partial charge is 0.550 e. The molecule has 0 saturated carbocycles. The number of rotatable bonds is 4. The number of carboxylic acid groups (broad SMARTS) is 1. The first-order valence-corrected chi connectivity index (χ1v) is 7.62. The van der Waals surface area contributed by atoms with Gasteiger partial charge in [0.2, 0.25) is 0 Å². The topological polar surface area (TPSA) is 137 Å². The van der Waals surface area contributed by atoms with Crippen LogP contribution in [0.4, 0.5) is 4.79 Å². The number of aliphatic carboxylic acids is 1. The minimum atomic E-state index is -1.20. The van der Waals surface area contributed by atoms with E-state index in [4.69, 9.17) is 15.0 Å². The summed E-state index contributed by atoms with van der Waals surface area (Å²) in [6.07, 6.45) is 0.196. The van der Waals surface area contributed by atoms with Crippen LogP contribution in [0.25, 0.3) is 0 Å². The van der Waals surface area contributed by atoms with E-state index in [-0.39, 0.29) is 31.1 Å². The Bertz CT molecular complexity index is 712. The number of hydrogen-bond donors (Lipinski definition) is 2. The van der Waals surface area contributed by atoms with Crippen LogP contribution >= 0.6 is 0 Å². The van der Waals surface area contributed by atoms with E-state index in [2.05, 4.69) is 15.5 Å². The van der Waals surface area contributed by atoms with Gasteiger partial charge in [0.15, 0.2) is 0 Å². The average molecular weight is 354 g/mol. The first-order chi connectivity index (χ1) is 11.6. The molecule has 26 heavy (non-hydrogen) atoms. The molecule has 1 aliphatic rings. The molecule has 1 amide bonds. The third kappa shape index (κ3) is 6.50. The molecule has 2 heterocycles. The Balaban J connectivity index is 0.00000338. The van der Waals surface area contributed by atoms with Crippen LogP contribution in [0.3, 0.4) is 0 Å². The molecule has 1 aromatic heterocycles. The predicted octanol–water partition coefficient (Wildman–Crippen LogP) is -2.43. The van der Waals surface area contributed by atoms with Crippen molar-refractivity contribution in [3.63, 3.8) is 0 Å². The minimum absolute atomic E-state index is 0. The van der Waals surface area contributed by atoms with E-state index in [0.717, 1.165) is 0 Å². The van der Waals surface area contributed by atoms with Crippen LogP contribution < -0.4 is 29.3 Å². The van der Waals surface area contributed by atoms with Crippen molar-refractivity contribution >= 4 is 23.6 Å². The number of alkyl carbamates (subject to hydrolysis) is 1. The third-order valence-electron chi connectivity index (χ3n) is 3.10. The summed E-state index contributed by atoms with van der Waals surface area (Å²) in [5, 5.41) is 24.6. The standard InChI is InChI=1S/C16H20N4O5.Li/c1-16(2,3)24-15(23)19-14(17)9-4-5-11(18-8-9)12-6-10(25-20-12)7-13(21)22;/h4-5,8,10H,6-7H2,1-3H3,(H,21,22)(H2,17,19,23);/q;+1/p-1. The van der Waals surface area contributed by atoms with Crippen molar-refractivity contribution in [2.75, 3.05) is 0 Å². The summed E-state index contributed by atoms with van der Waals surface area (Å²) in [7, 11) is 0. The molecule has 1 atom stereocenters. The van der Waals surface area contributed by atoms with Gasteiger partial charge in [-0.25, -0.2) is 4.79 Å². The summed E-state index contributed by atoms with van der Waals surface area (Å²) < 4.78 is 5.08. The normalized spacial score (nSPS) is 16.0. The Morgan fingerprint density at radius 3 is 2.65 bits per heavy atom. The maximum atomic E-state index is 11.7. The number of aromatic nitrogens is 1. The second-order valence-electron chi connectivity index (χ2n) is 6.48. The number of carbonyl (C=O) groups is 2. The van der Waals surface area contributed by atoms with Crippen LogP contribution in [0, 0.1) is 5.41 Å². The van der Waals surface area contributed by atoms with Crippen LogP contribution in [0.5, 0.6) is 0 Å². The van der Waals surface area contributed by atoms with Gasteiger partial charge in [-0.05, 0) is 32.9 Å². The second-order valence-corrected chi connectivity index (χ2v) is 6.48. The molecule has 2 rings (SSSR count). The van der Waals surface area contributed by atoms with Gasteiger partial charge in [0, 0.05) is 30.6 Å². The number of hydrogen-bond acceptors (Lipinski definition) is 8. The Morgan fingerprint density at radius 1 is 1.42 bits per heavy atom. The van der Waals surface area contributed by atoms with Crippen LogP contribution in [0.1, 0.15) is 44.9 Å². The molecular weight excluding hydrogens is 335 g/mol. The van der Waals surface area contributed by atoms with Gasteiger partial charge in [0.25, 0.3) is 0 Å². The maximum Gasteiger partial charge on any atom is 1.00 e. The number of pyridine rings is 1. The summed E-state index contributed by atoms with van der Waals surface area (Å²) in [6.45, 7) is 5.18. The van der Waals surface area contributed by atoms with Gasteiger partial charge >= 0.3 is 25.0 Å². The molecule has 0 aromatic carbocycles. The van der Waals surface area contributed by atoms with Crippen LogP contribution in [0.2, 0.25) is 0 Å². The maximum absolute atomic E-state index is 11.7. The van der Waals surface area contributed by atoms with E-state index < -0.39 is 23.8 Å². The van der Waals surface area contributed by atoms with Gasteiger partial charge in [-0.2, -0.15) is 0 Å². The SMILES string of the molecule is CC(C)(C)OC(=O)NC(=N)c1ccc(C2=NOC(CC(=O)[O-])C2)nc1.[Li+]. The number of nitrogens with one attached hydrogen (secondary N) is 2. The molecule has 134 valence electrons. The molecule has 1 aliphatic heterocycles. The van der Waals surface area contributed by atoms with Crippen LogP contribution in [0.15, 0.2) is 23.5 Å². The van der Waals surface area contributed by atoms with E-state index in [1.807, 2.05) is 0 Å². The fraction of sp³-hybridized carbons (Fsp3) is 0.438. The Morgan fingerprint density at radius 2 is 2.12 bits per heavy atom. The van der Waals surface area contributed by atoms with Crippen molar-refractivity contribution in [2.45, 2.75) is 45.3 Å². The molecule has 0 spiro atoms. The Labute approximate surface area is 162 Å². The van der Waals surface area contributed by atoms with Crippen molar-refractivity contribution in [3.8, 4) is 0 Å². The van der Waals surface area contributed by atoms with E-state index in [1.54, 1.807) is 32.9 Å². The summed E-state index contributed by atoms with van der Waals surface area (Å²) >= 11 is 0. The number of nitrogens with zero attached hydrogens (tertiary/aromatic N) is 2. The number of ether oxygens (including phenoxy) is 1. The molecular formula is C16H19LiN4O5. The average Bonchev–Trinajstić information content (AvgIpc) is 2.93. The van der Waals surface area contributed by atoms with E-state index in [1.165, 1.54) is 6.20 Å². The van der Waals surface area contributed by atoms with Gasteiger partial charge in [0.05, 0.1) is 5.69 Å². The predicted molar refractivity (Wildman–Crippen MR) is 86.1 cm³/mol. The number of carboxylic acids is 1. The fourth-order valence-electron chi connectivity index (χ4n) is 2.07. The minimum Gasteiger partial charge on any atom is -0.550 e. The van der Waals surface area contributed by atoms with Gasteiger partial charge in [-0.3, -0.25) is 15.7 Å². The fourth-order valence-corrected chi connectivity index (χ4v) is 2.07. The molecule has 0 radical (unpaired) electrons. The molecule has 9 nitrogen and oxygen atoms in total. The molecule has 0 bridgehead atoms. The van der Waals surface area contributed by atoms with Gasteiger partial charge in [-0.1, -0.05) is 5.16 Å². The largest absolute Gasteiger partial charge is 1.00 e. The zero-order chi connectivity index (χ0) is 18.6. The number of carbonyl (C=O) groups excluding carboxylic acids is 2. The van der Waals surface area contributed by atoms with Crippen LogP contribution in [-0.2, 0) is 14.4 Å². The van der Waals surface area contributed by atoms with E-state index in [9.17, 15) is 14.7 Å². The zero-order valence-corrected chi connectivity index (χ0v) is 15.2. The molecule has 1 unspecified atom stereocenters. The van der Waals surface area contributed by atoms with Gasteiger partial charge in [0.1, 0.15) is 23.3 Å². The molecule has 10 heteroatoms.